The van der Waals surface area contributed by atoms with Crippen molar-refractivity contribution in [3.8, 4) is 23.0 Å². The van der Waals surface area contributed by atoms with Crippen molar-refractivity contribution >= 4 is 22.7 Å². The van der Waals surface area contributed by atoms with E-state index in [0.29, 0.717) is 23.2 Å². The number of hydrogen-bond donors (Lipinski definition) is 1. The van der Waals surface area contributed by atoms with Gasteiger partial charge >= 0.3 is 0 Å². The summed E-state index contributed by atoms with van der Waals surface area (Å²) in [6.07, 6.45) is 1.08. The zero-order valence-electron chi connectivity index (χ0n) is 18.4. The maximum Gasteiger partial charge on any atom is 0.262 e. The number of carbonyl (C=O) groups is 1. The minimum absolute atomic E-state index is 0.0856. The molecule has 0 aliphatic rings. The largest absolute Gasteiger partial charge is 0.497 e. The number of nitrogens with one attached hydrogen (secondary N) is 1. The Balaban J connectivity index is 1.38. The number of aromatic nitrogens is 1. The molecule has 164 valence electrons. The van der Waals surface area contributed by atoms with E-state index in [0.717, 1.165) is 28.8 Å². The molecule has 0 aliphatic heterocycles. The normalized spacial score (nSPS) is 11.8. The molecule has 0 spiro atoms. The van der Waals surface area contributed by atoms with Gasteiger partial charge in [0.1, 0.15) is 17.0 Å². The summed E-state index contributed by atoms with van der Waals surface area (Å²) in [5.41, 5.74) is 4.40. The average molecular weight is 431 g/mol. The highest BCUT2D eigenvalue weighted by molar-refractivity contribution is 5.92. The van der Waals surface area contributed by atoms with E-state index in [1.54, 1.807) is 31.4 Å². The molecule has 3 aromatic carbocycles. The van der Waals surface area contributed by atoms with E-state index in [-0.39, 0.29) is 12.5 Å². The Morgan fingerprint density at radius 1 is 1.03 bits per heavy atom. The van der Waals surface area contributed by atoms with Crippen LogP contribution in [0, 0.1) is 0 Å². The van der Waals surface area contributed by atoms with Crippen LogP contribution in [0.4, 0.5) is 5.69 Å². The third-order valence-corrected chi connectivity index (χ3v) is 5.44. The van der Waals surface area contributed by atoms with Crippen LogP contribution in [-0.4, -0.2) is 24.6 Å². The van der Waals surface area contributed by atoms with Crippen molar-refractivity contribution in [2.24, 2.45) is 0 Å². The maximum atomic E-state index is 12.2. The Kier molecular flexibility index (Phi) is 6.40. The van der Waals surface area contributed by atoms with Crippen molar-refractivity contribution in [2.75, 3.05) is 19.0 Å². The van der Waals surface area contributed by atoms with Gasteiger partial charge in [0.05, 0.1) is 7.11 Å². The van der Waals surface area contributed by atoms with Crippen LogP contribution in [0.2, 0.25) is 0 Å². The van der Waals surface area contributed by atoms with Gasteiger partial charge in [-0.15, -0.1) is 0 Å². The molecule has 32 heavy (non-hydrogen) atoms. The smallest absolute Gasteiger partial charge is 0.262 e. The summed E-state index contributed by atoms with van der Waals surface area (Å²) >= 11 is 0. The number of amides is 1. The number of nitrogens with zero attached hydrogens (tertiary/aromatic N) is 1. The van der Waals surface area contributed by atoms with E-state index < -0.39 is 0 Å². The number of benzene rings is 3. The van der Waals surface area contributed by atoms with Crippen LogP contribution in [0.5, 0.6) is 11.5 Å². The van der Waals surface area contributed by atoms with E-state index in [9.17, 15) is 4.79 Å². The van der Waals surface area contributed by atoms with Gasteiger partial charge in [-0.1, -0.05) is 19.9 Å². The third kappa shape index (κ3) is 4.91. The fourth-order valence-corrected chi connectivity index (χ4v) is 3.32. The second kappa shape index (κ2) is 9.56. The Morgan fingerprint density at radius 3 is 2.44 bits per heavy atom. The van der Waals surface area contributed by atoms with Crippen molar-refractivity contribution in [3.05, 3.63) is 72.3 Å². The summed E-state index contributed by atoms with van der Waals surface area (Å²) in [6, 6.07) is 20.6. The molecule has 1 atom stereocenters. The molecule has 0 saturated carbocycles. The number of carbonyl (C=O) groups excluding carboxylic acids is 1. The Hall–Kier alpha value is -3.80. The van der Waals surface area contributed by atoms with Gasteiger partial charge in [-0.3, -0.25) is 4.79 Å². The van der Waals surface area contributed by atoms with E-state index in [4.69, 9.17) is 13.9 Å². The monoisotopic (exact) mass is 430 g/mol. The molecule has 1 amide bonds. The summed E-state index contributed by atoms with van der Waals surface area (Å²) in [5, 5.41) is 2.83. The molecule has 0 fully saturated rings. The van der Waals surface area contributed by atoms with Gasteiger partial charge in [0.2, 0.25) is 5.89 Å². The maximum absolute atomic E-state index is 12.2. The molecule has 0 bridgehead atoms. The Morgan fingerprint density at radius 2 is 1.75 bits per heavy atom. The first-order chi connectivity index (χ1) is 15.6. The first-order valence-corrected chi connectivity index (χ1v) is 10.6. The van der Waals surface area contributed by atoms with Crippen LogP contribution in [0.15, 0.2) is 71.1 Å². The molecular formula is C26H26N2O4. The minimum Gasteiger partial charge on any atom is -0.497 e. The second-order valence-electron chi connectivity index (χ2n) is 7.65. The molecule has 1 heterocycles. The lowest BCUT2D eigenvalue weighted by molar-refractivity contribution is -0.118. The van der Waals surface area contributed by atoms with Gasteiger partial charge in [-0.25, -0.2) is 4.98 Å². The number of hydrogen-bond acceptors (Lipinski definition) is 5. The SMILES string of the molecule is CC[C@@H](C)c1ccc2oc(-c3ccc(NC(=O)COc4ccc(OC)cc4)cc3)nc2c1. The van der Waals surface area contributed by atoms with Gasteiger partial charge in [-0.2, -0.15) is 0 Å². The first kappa shape index (κ1) is 21.4. The predicted molar refractivity (Wildman–Crippen MR) is 125 cm³/mol. The number of ether oxygens (including phenoxy) is 2. The van der Waals surface area contributed by atoms with Crippen LogP contribution >= 0.6 is 0 Å². The van der Waals surface area contributed by atoms with Crippen molar-refractivity contribution in [1.29, 1.82) is 0 Å². The summed E-state index contributed by atoms with van der Waals surface area (Å²) in [5.74, 6) is 2.13. The highest BCUT2D eigenvalue weighted by atomic mass is 16.5. The van der Waals surface area contributed by atoms with E-state index in [1.807, 2.05) is 30.3 Å². The zero-order valence-corrected chi connectivity index (χ0v) is 18.4. The third-order valence-electron chi connectivity index (χ3n) is 5.44. The van der Waals surface area contributed by atoms with Gasteiger partial charge in [0.15, 0.2) is 12.2 Å². The highest BCUT2D eigenvalue weighted by Crippen LogP contribution is 2.28. The number of oxazole rings is 1. The Labute approximate surface area is 187 Å². The lowest BCUT2D eigenvalue weighted by Crippen LogP contribution is -2.20. The van der Waals surface area contributed by atoms with Crippen molar-refractivity contribution in [2.45, 2.75) is 26.2 Å². The first-order valence-electron chi connectivity index (χ1n) is 10.6. The van der Waals surface area contributed by atoms with Crippen LogP contribution < -0.4 is 14.8 Å². The standard InChI is InChI=1S/C26H26N2O4/c1-4-17(2)19-7-14-24-23(15-19)28-26(32-24)18-5-8-20(9-6-18)27-25(29)16-31-22-12-10-21(30-3)11-13-22/h5-15,17H,4,16H2,1-3H3,(H,27,29)/t17-/m1/s1. The molecule has 0 unspecified atom stereocenters. The van der Waals surface area contributed by atoms with Crippen LogP contribution in [-0.2, 0) is 4.79 Å². The molecule has 0 saturated heterocycles. The topological polar surface area (TPSA) is 73.6 Å². The predicted octanol–water partition coefficient (Wildman–Crippen LogP) is 6.03. The molecular weight excluding hydrogens is 404 g/mol. The number of methoxy groups -OCH3 is 1. The summed E-state index contributed by atoms with van der Waals surface area (Å²) in [6.45, 7) is 4.30. The lowest BCUT2D eigenvalue weighted by Gasteiger charge is -2.08. The highest BCUT2D eigenvalue weighted by Gasteiger charge is 2.11. The Bertz CT molecular complexity index is 1200. The molecule has 1 N–H and O–H groups in total. The molecule has 0 aliphatic carbocycles. The fraction of sp³-hybridized carbons (Fsp3) is 0.231. The second-order valence-corrected chi connectivity index (χ2v) is 7.65. The van der Waals surface area contributed by atoms with E-state index in [2.05, 4.69) is 36.3 Å². The van der Waals surface area contributed by atoms with Gasteiger partial charge in [-0.05, 0) is 78.6 Å². The number of fused-ring (bicyclic) bond motifs is 1. The molecule has 4 aromatic rings. The van der Waals surface area contributed by atoms with E-state index >= 15 is 0 Å². The summed E-state index contributed by atoms with van der Waals surface area (Å²) in [7, 11) is 1.60. The molecule has 4 rings (SSSR count). The van der Waals surface area contributed by atoms with Gasteiger partial charge in [0, 0.05) is 11.3 Å². The average Bonchev–Trinajstić information content (AvgIpc) is 3.26. The molecule has 6 nitrogen and oxygen atoms in total. The van der Waals surface area contributed by atoms with Crippen LogP contribution in [0.3, 0.4) is 0 Å². The van der Waals surface area contributed by atoms with Crippen molar-refractivity contribution in [1.82, 2.24) is 4.98 Å². The van der Waals surface area contributed by atoms with Gasteiger partial charge in [0.25, 0.3) is 5.91 Å². The minimum atomic E-state index is -0.243. The van der Waals surface area contributed by atoms with Crippen LogP contribution in [0.25, 0.3) is 22.6 Å². The van der Waals surface area contributed by atoms with Crippen molar-refractivity contribution < 1.29 is 18.7 Å². The quantitative estimate of drug-likeness (QED) is 0.369. The summed E-state index contributed by atoms with van der Waals surface area (Å²) in [4.78, 5) is 16.8. The number of rotatable bonds is 8. The van der Waals surface area contributed by atoms with Gasteiger partial charge < -0.3 is 19.2 Å². The molecule has 6 heteroatoms. The summed E-state index contributed by atoms with van der Waals surface area (Å²) < 4.78 is 16.5. The zero-order chi connectivity index (χ0) is 22.5. The lowest BCUT2D eigenvalue weighted by atomic mass is 9.98. The molecule has 0 radical (unpaired) electrons. The number of anilines is 1. The fourth-order valence-electron chi connectivity index (χ4n) is 3.32. The van der Waals surface area contributed by atoms with Crippen LogP contribution in [0.1, 0.15) is 31.7 Å². The molecule has 1 aromatic heterocycles. The van der Waals surface area contributed by atoms with Crippen molar-refractivity contribution in [3.63, 3.8) is 0 Å². The van der Waals surface area contributed by atoms with E-state index in [1.165, 1.54) is 5.56 Å².